The van der Waals surface area contributed by atoms with Crippen LogP contribution in [-0.2, 0) is 4.79 Å². The molecular formula is C21H34O2. The summed E-state index contributed by atoms with van der Waals surface area (Å²) in [6.07, 6.45) is 9.11. The zero-order valence-electron chi connectivity index (χ0n) is 15.4. The second-order valence-corrected chi connectivity index (χ2v) is 10.2. The number of ketones is 1. The molecule has 0 spiro atoms. The number of Topliss-reactive ketones (excluding diaryl/α,β-unsaturated/α-hetero) is 1. The van der Waals surface area contributed by atoms with Gasteiger partial charge in [0, 0.05) is 12.3 Å². The Labute approximate surface area is 141 Å². The van der Waals surface area contributed by atoms with Crippen LogP contribution in [0.1, 0.15) is 79.1 Å². The van der Waals surface area contributed by atoms with Gasteiger partial charge in [-0.1, -0.05) is 20.8 Å². The fourth-order valence-electron chi connectivity index (χ4n) is 7.65. The van der Waals surface area contributed by atoms with Crippen LogP contribution in [0.3, 0.4) is 0 Å². The zero-order valence-corrected chi connectivity index (χ0v) is 15.4. The van der Waals surface area contributed by atoms with Gasteiger partial charge < -0.3 is 5.11 Å². The second kappa shape index (κ2) is 4.84. The number of carbonyl (C=O) groups excluding carboxylic acids is 1. The molecule has 1 unspecified atom stereocenters. The van der Waals surface area contributed by atoms with E-state index in [1.807, 2.05) is 0 Å². The lowest BCUT2D eigenvalue weighted by atomic mass is 9.44. The normalized spacial score (nSPS) is 59.2. The fourth-order valence-corrected chi connectivity index (χ4v) is 7.65. The molecule has 0 radical (unpaired) electrons. The van der Waals surface area contributed by atoms with Gasteiger partial charge in [0.05, 0.1) is 5.60 Å². The molecule has 0 aromatic rings. The minimum Gasteiger partial charge on any atom is -0.390 e. The Bertz CT molecular complexity index is 524. The van der Waals surface area contributed by atoms with Crippen molar-refractivity contribution in [2.75, 3.05) is 0 Å². The Morgan fingerprint density at radius 3 is 2.43 bits per heavy atom. The van der Waals surface area contributed by atoms with Crippen LogP contribution in [-0.4, -0.2) is 16.5 Å². The molecule has 0 aromatic carbocycles. The summed E-state index contributed by atoms with van der Waals surface area (Å²) in [4.78, 5) is 12.2. The van der Waals surface area contributed by atoms with Gasteiger partial charge in [0.15, 0.2) is 0 Å². The van der Waals surface area contributed by atoms with Gasteiger partial charge in [-0.3, -0.25) is 4.79 Å². The van der Waals surface area contributed by atoms with E-state index in [9.17, 15) is 9.90 Å². The average Bonchev–Trinajstić information content (AvgIpc) is 2.71. The maximum Gasteiger partial charge on any atom is 0.136 e. The van der Waals surface area contributed by atoms with E-state index in [0.29, 0.717) is 23.0 Å². The number of hydrogen-bond acceptors (Lipinski definition) is 2. The number of fused-ring (bicyclic) bond motifs is 5. The summed E-state index contributed by atoms with van der Waals surface area (Å²) in [6, 6.07) is 0. The molecule has 4 rings (SSSR count). The summed E-state index contributed by atoms with van der Waals surface area (Å²) in [6.45, 7) is 9.11. The number of rotatable bonds is 0. The monoisotopic (exact) mass is 318 g/mol. The predicted octanol–water partition coefficient (Wildman–Crippen LogP) is 4.60. The summed E-state index contributed by atoms with van der Waals surface area (Å²) >= 11 is 0. The highest BCUT2D eigenvalue weighted by molar-refractivity contribution is 5.82. The van der Waals surface area contributed by atoms with Crippen LogP contribution in [0.2, 0.25) is 0 Å². The van der Waals surface area contributed by atoms with Crippen molar-refractivity contribution in [2.24, 2.45) is 40.4 Å². The highest BCUT2D eigenvalue weighted by Crippen LogP contribution is 2.68. The van der Waals surface area contributed by atoms with Gasteiger partial charge in [-0.05, 0) is 86.4 Å². The van der Waals surface area contributed by atoms with E-state index in [1.54, 1.807) is 0 Å². The Balaban J connectivity index is 1.66. The van der Waals surface area contributed by atoms with Gasteiger partial charge in [-0.25, -0.2) is 0 Å². The van der Waals surface area contributed by atoms with Gasteiger partial charge in [0.2, 0.25) is 0 Å². The van der Waals surface area contributed by atoms with Crippen LogP contribution >= 0.6 is 0 Å². The van der Waals surface area contributed by atoms with Crippen molar-refractivity contribution in [3.63, 3.8) is 0 Å². The van der Waals surface area contributed by atoms with Gasteiger partial charge >= 0.3 is 0 Å². The van der Waals surface area contributed by atoms with E-state index in [-0.39, 0.29) is 11.3 Å². The van der Waals surface area contributed by atoms with Crippen molar-refractivity contribution >= 4 is 5.78 Å². The third-order valence-corrected chi connectivity index (χ3v) is 9.37. The molecule has 4 aliphatic rings. The third-order valence-electron chi connectivity index (χ3n) is 9.37. The standard InChI is InChI=1S/C21H34O2/c1-13-12-19(2)14(11-18(13)22)5-6-15-16(19)7-9-20(3)17(15)8-10-21(20,4)23/h13-17,23H,5-12H2,1-4H3/t13?,14-,15+,16-,17-,19-,20-,21-/m0/s1. The lowest BCUT2D eigenvalue weighted by Crippen LogP contribution is -2.56. The van der Waals surface area contributed by atoms with Gasteiger partial charge in [-0.2, -0.15) is 0 Å². The Kier molecular flexibility index (Phi) is 3.39. The van der Waals surface area contributed by atoms with Crippen LogP contribution in [0.25, 0.3) is 0 Å². The molecule has 0 saturated heterocycles. The first-order valence-electron chi connectivity index (χ1n) is 9.94. The first kappa shape index (κ1) is 16.1. The van der Waals surface area contributed by atoms with Crippen molar-refractivity contribution in [1.82, 2.24) is 0 Å². The van der Waals surface area contributed by atoms with Crippen molar-refractivity contribution in [3.8, 4) is 0 Å². The summed E-state index contributed by atoms with van der Waals surface area (Å²) in [5.41, 5.74) is 0.00962. The second-order valence-electron chi connectivity index (χ2n) is 10.2. The quantitative estimate of drug-likeness (QED) is 0.709. The van der Waals surface area contributed by atoms with E-state index in [2.05, 4.69) is 27.7 Å². The van der Waals surface area contributed by atoms with Crippen LogP contribution in [0.4, 0.5) is 0 Å². The summed E-state index contributed by atoms with van der Waals surface area (Å²) in [7, 11) is 0. The molecule has 4 fully saturated rings. The van der Waals surface area contributed by atoms with Gasteiger partial charge in [-0.15, -0.1) is 0 Å². The molecule has 0 bridgehead atoms. The molecule has 23 heavy (non-hydrogen) atoms. The molecule has 0 aromatic heterocycles. The molecule has 8 atom stereocenters. The first-order chi connectivity index (χ1) is 10.7. The molecule has 2 nitrogen and oxygen atoms in total. The molecule has 0 heterocycles. The molecule has 1 N–H and O–H groups in total. The number of aliphatic hydroxyl groups is 1. The first-order valence-corrected chi connectivity index (χ1v) is 9.94. The van der Waals surface area contributed by atoms with Crippen molar-refractivity contribution in [2.45, 2.75) is 84.7 Å². The zero-order chi connectivity index (χ0) is 16.6. The molecule has 4 aliphatic carbocycles. The van der Waals surface area contributed by atoms with Crippen molar-refractivity contribution in [1.29, 1.82) is 0 Å². The topological polar surface area (TPSA) is 37.3 Å². The van der Waals surface area contributed by atoms with Crippen molar-refractivity contribution in [3.05, 3.63) is 0 Å². The Morgan fingerprint density at radius 1 is 1.00 bits per heavy atom. The van der Waals surface area contributed by atoms with E-state index < -0.39 is 5.60 Å². The summed E-state index contributed by atoms with van der Waals surface area (Å²) < 4.78 is 0. The predicted molar refractivity (Wildman–Crippen MR) is 91.9 cm³/mol. The summed E-state index contributed by atoms with van der Waals surface area (Å²) in [5, 5.41) is 11.0. The lowest BCUT2D eigenvalue weighted by molar-refractivity contribution is -0.158. The Hall–Kier alpha value is -0.370. The maximum absolute atomic E-state index is 12.2. The molecule has 2 heteroatoms. The van der Waals surface area contributed by atoms with Crippen LogP contribution in [0.5, 0.6) is 0 Å². The molecule has 130 valence electrons. The smallest absolute Gasteiger partial charge is 0.136 e. The summed E-state index contributed by atoms with van der Waals surface area (Å²) in [5.74, 6) is 3.65. The minimum atomic E-state index is -0.476. The van der Waals surface area contributed by atoms with Crippen LogP contribution < -0.4 is 0 Å². The lowest BCUT2D eigenvalue weighted by Gasteiger charge is -2.61. The number of hydrogen-bond donors (Lipinski definition) is 1. The fraction of sp³-hybridized carbons (Fsp3) is 0.952. The van der Waals surface area contributed by atoms with Crippen LogP contribution in [0.15, 0.2) is 0 Å². The van der Waals surface area contributed by atoms with E-state index in [1.165, 1.54) is 32.1 Å². The molecule has 4 saturated carbocycles. The largest absolute Gasteiger partial charge is 0.390 e. The van der Waals surface area contributed by atoms with E-state index in [4.69, 9.17) is 0 Å². The van der Waals surface area contributed by atoms with Crippen molar-refractivity contribution < 1.29 is 9.90 Å². The van der Waals surface area contributed by atoms with Gasteiger partial charge in [0.25, 0.3) is 0 Å². The van der Waals surface area contributed by atoms with E-state index >= 15 is 0 Å². The Morgan fingerprint density at radius 2 is 1.70 bits per heavy atom. The average molecular weight is 319 g/mol. The number of carbonyl (C=O) groups is 1. The minimum absolute atomic E-state index is 0.119. The highest BCUT2D eigenvalue weighted by Gasteiger charge is 2.63. The third kappa shape index (κ3) is 2.00. The SMILES string of the molecule is CC1C[C@@]2(C)[C@@H](CC[C@@H]3[C@@H]2CC[C@@]2(C)[C@H]3CC[C@]2(C)O)CC1=O. The van der Waals surface area contributed by atoms with Gasteiger partial charge in [0.1, 0.15) is 5.78 Å². The molecular weight excluding hydrogens is 284 g/mol. The molecule has 0 aliphatic heterocycles. The highest BCUT2D eigenvalue weighted by atomic mass is 16.3. The molecule has 0 amide bonds. The van der Waals surface area contributed by atoms with E-state index in [0.717, 1.165) is 31.1 Å². The maximum atomic E-state index is 12.2. The van der Waals surface area contributed by atoms with Crippen LogP contribution in [0, 0.1) is 40.4 Å².